The molecule has 1 unspecified atom stereocenters. The van der Waals surface area contributed by atoms with Gasteiger partial charge in [-0.1, -0.05) is 29.8 Å². The molecule has 1 aliphatic carbocycles. The van der Waals surface area contributed by atoms with Gasteiger partial charge in [-0.05, 0) is 63.6 Å². The summed E-state index contributed by atoms with van der Waals surface area (Å²) < 4.78 is 6.93. The van der Waals surface area contributed by atoms with Crippen LogP contribution in [0.15, 0.2) is 24.3 Å². The topological polar surface area (TPSA) is 86.1 Å². The SMILES string of the molecule is CCOC(=O)c1c(NC(=O)c2nnn(-c3ccc(C)cc3)c2C)sc2c1CCC(C)C2. The van der Waals surface area contributed by atoms with Gasteiger partial charge in [0.2, 0.25) is 0 Å². The number of anilines is 1. The fraction of sp³-hybridized carbons (Fsp3) is 0.391. The minimum atomic E-state index is -0.384. The van der Waals surface area contributed by atoms with Gasteiger partial charge < -0.3 is 10.1 Å². The number of carbonyl (C=O) groups is 2. The highest BCUT2D eigenvalue weighted by Gasteiger charge is 2.30. The van der Waals surface area contributed by atoms with Crippen LogP contribution in [0.2, 0.25) is 0 Å². The van der Waals surface area contributed by atoms with Crippen molar-refractivity contribution in [1.29, 1.82) is 0 Å². The van der Waals surface area contributed by atoms with Gasteiger partial charge in [-0.3, -0.25) is 4.79 Å². The number of aromatic nitrogens is 3. The third-order valence-corrected chi connectivity index (χ3v) is 6.78. The number of fused-ring (bicyclic) bond motifs is 1. The van der Waals surface area contributed by atoms with Gasteiger partial charge in [0, 0.05) is 4.88 Å². The lowest BCUT2D eigenvalue weighted by atomic mass is 9.88. The molecular formula is C23H26N4O3S. The van der Waals surface area contributed by atoms with E-state index in [9.17, 15) is 9.59 Å². The lowest BCUT2D eigenvalue weighted by Gasteiger charge is -2.18. The van der Waals surface area contributed by atoms with Crippen molar-refractivity contribution in [3.63, 3.8) is 0 Å². The maximum atomic E-state index is 13.1. The van der Waals surface area contributed by atoms with Crippen molar-refractivity contribution in [2.24, 2.45) is 5.92 Å². The predicted octanol–water partition coefficient (Wildman–Crippen LogP) is 4.50. The van der Waals surface area contributed by atoms with Crippen molar-refractivity contribution in [1.82, 2.24) is 15.0 Å². The number of rotatable bonds is 5. The van der Waals surface area contributed by atoms with E-state index in [1.165, 1.54) is 11.3 Å². The van der Waals surface area contributed by atoms with Crippen LogP contribution in [0.5, 0.6) is 0 Å². The fourth-order valence-electron chi connectivity index (χ4n) is 3.89. The molecule has 8 heteroatoms. The van der Waals surface area contributed by atoms with Crippen molar-refractivity contribution >= 4 is 28.2 Å². The monoisotopic (exact) mass is 438 g/mol. The van der Waals surface area contributed by atoms with E-state index in [0.717, 1.165) is 41.0 Å². The Balaban J connectivity index is 1.65. The van der Waals surface area contributed by atoms with Gasteiger partial charge in [-0.2, -0.15) is 0 Å². The summed E-state index contributed by atoms with van der Waals surface area (Å²) in [5, 5.41) is 11.7. The normalized spacial score (nSPS) is 15.4. The number of thiophene rings is 1. The largest absolute Gasteiger partial charge is 0.462 e. The first-order valence-electron chi connectivity index (χ1n) is 10.5. The van der Waals surface area contributed by atoms with E-state index in [1.54, 1.807) is 11.6 Å². The maximum Gasteiger partial charge on any atom is 0.341 e. The summed E-state index contributed by atoms with van der Waals surface area (Å²) in [5.74, 6) is -0.209. The molecule has 0 fully saturated rings. The Bertz CT molecular complexity index is 1130. The highest BCUT2D eigenvalue weighted by Crippen LogP contribution is 2.40. The number of amides is 1. The zero-order chi connectivity index (χ0) is 22.1. The lowest BCUT2D eigenvalue weighted by Crippen LogP contribution is -2.17. The number of hydrogen-bond acceptors (Lipinski definition) is 6. The molecule has 1 N–H and O–H groups in total. The van der Waals surface area contributed by atoms with E-state index >= 15 is 0 Å². The standard InChI is InChI=1S/C23H26N4O3S/c1-5-30-23(29)19-17-11-8-14(3)12-18(17)31-22(19)24-21(28)20-15(4)27(26-25-20)16-9-6-13(2)7-10-16/h6-7,9-10,14H,5,8,11-12H2,1-4H3,(H,24,28). The average Bonchev–Trinajstić information content (AvgIpc) is 3.28. The molecule has 7 nitrogen and oxygen atoms in total. The molecule has 0 spiro atoms. The summed E-state index contributed by atoms with van der Waals surface area (Å²) in [4.78, 5) is 26.9. The van der Waals surface area contributed by atoms with Crippen LogP contribution in [0.4, 0.5) is 5.00 Å². The summed E-state index contributed by atoms with van der Waals surface area (Å²) >= 11 is 1.47. The quantitative estimate of drug-likeness (QED) is 0.593. The smallest absolute Gasteiger partial charge is 0.341 e. The van der Waals surface area contributed by atoms with Gasteiger partial charge in [0.25, 0.3) is 5.91 Å². The minimum absolute atomic E-state index is 0.232. The number of benzene rings is 1. The molecule has 0 radical (unpaired) electrons. The van der Waals surface area contributed by atoms with Gasteiger partial charge in [-0.25, -0.2) is 9.48 Å². The molecule has 1 aromatic carbocycles. The van der Waals surface area contributed by atoms with Crippen LogP contribution in [0, 0.1) is 19.8 Å². The van der Waals surface area contributed by atoms with Gasteiger partial charge in [-0.15, -0.1) is 16.4 Å². The molecule has 1 atom stereocenters. The van der Waals surface area contributed by atoms with Crippen LogP contribution >= 0.6 is 11.3 Å². The second-order valence-electron chi connectivity index (χ2n) is 8.00. The number of esters is 1. The molecule has 1 amide bonds. The number of aryl methyl sites for hydroxylation is 1. The van der Waals surface area contributed by atoms with Crippen LogP contribution in [-0.2, 0) is 17.6 Å². The predicted molar refractivity (Wildman–Crippen MR) is 120 cm³/mol. The van der Waals surface area contributed by atoms with Crippen molar-refractivity contribution in [3.05, 3.63) is 57.2 Å². The molecule has 0 bridgehead atoms. The number of nitrogens with one attached hydrogen (secondary N) is 1. The molecular weight excluding hydrogens is 412 g/mol. The van der Waals surface area contributed by atoms with E-state index in [1.807, 2.05) is 38.1 Å². The lowest BCUT2D eigenvalue weighted by molar-refractivity contribution is 0.0526. The van der Waals surface area contributed by atoms with Gasteiger partial charge in [0.1, 0.15) is 5.00 Å². The molecule has 0 aliphatic heterocycles. The van der Waals surface area contributed by atoms with Crippen LogP contribution in [0.3, 0.4) is 0 Å². The molecule has 0 saturated heterocycles. The van der Waals surface area contributed by atoms with Gasteiger partial charge >= 0.3 is 5.97 Å². The minimum Gasteiger partial charge on any atom is -0.462 e. The summed E-state index contributed by atoms with van der Waals surface area (Å²) in [5.41, 5.74) is 4.34. The average molecular weight is 439 g/mol. The van der Waals surface area contributed by atoms with E-state index in [4.69, 9.17) is 4.74 Å². The first-order valence-corrected chi connectivity index (χ1v) is 11.3. The Morgan fingerprint density at radius 1 is 1.26 bits per heavy atom. The van der Waals surface area contributed by atoms with Gasteiger partial charge in [0.15, 0.2) is 5.69 Å². The van der Waals surface area contributed by atoms with E-state index in [2.05, 4.69) is 22.6 Å². The summed E-state index contributed by atoms with van der Waals surface area (Å²) in [6.07, 6.45) is 2.75. The number of hydrogen-bond donors (Lipinski definition) is 1. The summed E-state index contributed by atoms with van der Waals surface area (Å²) in [6.45, 7) is 8.10. The van der Waals surface area contributed by atoms with Crippen LogP contribution in [0.25, 0.3) is 5.69 Å². The highest BCUT2D eigenvalue weighted by atomic mass is 32.1. The Hall–Kier alpha value is -3.00. The Labute approximate surface area is 185 Å². The first-order chi connectivity index (χ1) is 14.9. The van der Waals surface area contributed by atoms with Crippen molar-refractivity contribution < 1.29 is 14.3 Å². The van der Waals surface area contributed by atoms with Crippen LogP contribution < -0.4 is 5.32 Å². The molecule has 3 aromatic rings. The molecule has 0 saturated carbocycles. The maximum absolute atomic E-state index is 13.1. The van der Waals surface area contributed by atoms with E-state index in [0.29, 0.717) is 22.2 Å². The molecule has 2 aromatic heterocycles. The van der Waals surface area contributed by atoms with Crippen molar-refractivity contribution in [2.45, 2.75) is 47.0 Å². The summed E-state index contributed by atoms with van der Waals surface area (Å²) in [6, 6.07) is 7.84. The zero-order valence-corrected chi connectivity index (χ0v) is 19.0. The second-order valence-corrected chi connectivity index (χ2v) is 9.11. The second kappa shape index (κ2) is 8.63. The first kappa shape index (κ1) is 21.2. The zero-order valence-electron chi connectivity index (χ0n) is 18.2. The van der Waals surface area contributed by atoms with E-state index < -0.39 is 0 Å². The third-order valence-electron chi connectivity index (χ3n) is 5.61. The highest BCUT2D eigenvalue weighted by molar-refractivity contribution is 7.17. The molecule has 162 valence electrons. The number of carbonyl (C=O) groups excluding carboxylic acids is 2. The fourth-order valence-corrected chi connectivity index (χ4v) is 5.28. The van der Waals surface area contributed by atoms with Gasteiger partial charge in [0.05, 0.1) is 23.6 Å². The summed E-state index contributed by atoms with van der Waals surface area (Å²) in [7, 11) is 0. The Morgan fingerprint density at radius 3 is 2.71 bits per heavy atom. The van der Waals surface area contributed by atoms with Crippen molar-refractivity contribution in [2.75, 3.05) is 11.9 Å². The van der Waals surface area contributed by atoms with Crippen molar-refractivity contribution in [3.8, 4) is 5.69 Å². The van der Waals surface area contributed by atoms with E-state index in [-0.39, 0.29) is 24.2 Å². The number of ether oxygens (including phenoxy) is 1. The third kappa shape index (κ3) is 4.12. The molecule has 2 heterocycles. The Kier molecular flexibility index (Phi) is 5.91. The Morgan fingerprint density at radius 2 is 2.00 bits per heavy atom. The molecule has 1 aliphatic rings. The molecule has 4 rings (SSSR count). The van der Waals surface area contributed by atoms with Crippen LogP contribution in [0.1, 0.15) is 62.8 Å². The molecule has 31 heavy (non-hydrogen) atoms. The number of nitrogens with zero attached hydrogens (tertiary/aromatic N) is 3. The van der Waals surface area contributed by atoms with Crippen LogP contribution in [-0.4, -0.2) is 33.5 Å².